The van der Waals surface area contributed by atoms with Crippen LogP contribution in [0.4, 0.5) is 0 Å². The molecule has 0 spiro atoms. The summed E-state index contributed by atoms with van der Waals surface area (Å²) >= 11 is 0. The molecular formula is C39H33N5O8. The van der Waals surface area contributed by atoms with Crippen molar-refractivity contribution in [3.63, 3.8) is 0 Å². The van der Waals surface area contributed by atoms with Crippen molar-refractivity contribution in [3.05, 3.63) is 95.1 Å². The van der Waals surface area contributed by atoms with Gasteiger partial charge in [-0.15, -0.1) is 0 Å². The molecule has 13 nitrogen and oxygen atoms in total. The van der Waals surface area contributed by atoms with Gasteiger partial charge in [0, 0.05) is 39.0 Å². The Kier molecular flexibility index (Phi) is 8.02. The number of hydrogen-bond acceptors (Lipinski definition) is 9. The zero-order chi connectivity index (χ0) is 36.4. The molecule has 0 radical (unpaired) electrons. The minimum atomic E-state index is -1.13. The number of rotatable bonds is 8. The van der Waals surface area contributed by atoms with E-state index in [1.165, 1.54) is 0 Å². The molecule has 8 amide bonds. The van der Waals surface area contributed by atoms with Crippen molar-refractivity contribution in [1.29, 1.82) is 0 Å². The molecule has 52 heavy (non-hydrogen) atoms. The maximum Gasteiger partial charge on any atom is 0.262 e. The number of piperidine rings is 2. The first kappa shape index (κ1) is 33.1. The van der Waals surface area contributed by atoms with E-state index in [-0.39, 0.29) is 74.1 Å². The summed E-state index contributed by atoms with van der Waals surface area (Å²) in [5.41, 5.74) is 0.944. The molecule has 2 saturated heterocycles. The zero-order valence-electron chi connectivity index (χ0n) is 28.2. The smallest absolute Gasteiger partial charge is 0.262 e. The maximum absolute atomic E-state index is 13.7. The van der Waals surface area contributed by atoms with Gasteiger partial charge in [0.2, 0.25) is 11.8 Å². The summed E-state index contributed by atoms with van der Waals surface area (Å²) in [4.78, 5) is 113. The van der Waals surface area contributed by atoms with Gasteiger partial charge in [0.25, 0.3) is 35.4 Å². The number of likely N-dealkylation sites (tertiary alicyclic amines) is 2. The zero-order valence-corrected chi connectivity index (χ0v) is 28.2. The second-order valence-electron chi connectivity index (χ2n) is 13.6. The second kappa shape index (κ2) is 12.6. The Morgan fingerprint density at radius 3 is 1.37 bits per heavy atom. The Labute approximate surface area is 297 Å². The standard InChI is InChI=1S/C39H33N5O8/c1-40(18-20-41-30(45)16-14-28(36(41)49)43-34(47)26-12-10-22-6-2-4-8-24(22)32(26)38(43)51)19-21-42-31(46)17-15-29(37(42)50)44-35(48)27-13-11-23-7-3-5-9-25(23)33(27)39(44)52/h2-13,28-29H,14-21H2,1H3. The first-order valence-electron chi connectivity index (χ1n) is 17.2. The Bertz CT molecular complexity index is 2140. The lowest BCUT2D eigenvalue weighted by Crippen LogP contribution is -2.58. The van der Waals surface area contributed by atoms with Gasteiger partial charge in [-0.2, -0.15) is 0 Å². The van der Waals surface area contributed by atoms with Crippen molar-refractivity contribution < 1.29 is 38.4 Å². The van der Waals surface area contributed by atoms with Crippen molar-refractivity contribution in [2.75, 3.05) is 33.2 Å². The van der Waals surface area contributed by atoms with Crippen LogP contribution >= 0.6 is 0 Å². The van der Waals surface area contributed by atoms with Gasteiger partial charge in [0.15, 0.2) is 0 Å². The molecule has 0 bridgehead atoms. The minimum absolute atomic E-state index is 0.0249. The van der Waals surface area contributed by atoms with Crippen molar-refractivity contribution in [3.8, 4) is 0 Å². The summed E-state index contributed by atoms with van der Waals surface area (Å²) in [5, 5.41) is 2.82. The largest absolute Gasteiger partial charge is 0.303 e. The fraction of sp³-hybridized carbons (Fsp3) is 0.282. The Balaban J connectivity index is 0.912. The van der Waals surface area contributed by atoms with E-state index in [1.54, 1.807) is 60.5 Å². The van der Waals surface area contributed by atoms with Crippen LogP contribution in [0.25, 0.3) is 21.5 Å². The second-order valence-corrected chi connectivity index (χ2v) is 13.6. The molecule has 4 aliphatic rings. The summed E-state index contributed by atoms with van der Waals surface area (Å²) < 4.78 is 0. The number of amides is 8. The highest BCUT2D eigenvalue weighted by molar-refractivity contribution is 6.29. The van der Waals surface area contributed by atoms with Gasteiger partial charge in [-0.3, -0.25) is 58.0 Å². The van der Waals surface area contributed by atoms with E-state index in [0.29, 0.717) is 10.8 Å². The lowest BCUT2D eigenvalue weighted by atomic mass is 10.0. The van der Waals surface area contributed by atoms with Crippen LogP contribution in [0.3, 0.4) is 0 Å². The topological polar surface area (TPSA) is 153 Å². The highest BCUT2D eigenvalue weighted by Crippen LogP contribution is 2.35. The SMILES string of the molecule is CN(CCN1C(=O)CCC(N2C(=O)c3ccc4ccccc4c3C2=O)C1=O)CCN1C(=O)CCC(N2C(=O)c3ccc4ccccc4c3C2=O)C1=O. The molecule has 4 aromatic carbocycles. The van der Waals surface area contributed by atoms with Gasteiger partial charge in [0.1, 0.15) is 12.1 Å². The number of fused-ring (bicyclic) bond motifs is 6. The van der Waals surface area contributed by atoms with Crippen LogP contribution in [0, 0.1) is 0 Å². The molecule has 4 heterocycles. The average Bonchev–Trinajstić information content (AvgIpc) is 3.55. The fourth-order valence-electron chi connectivity index (χ4n) is 7.86. The predicted molar refractivity (Wildman–Crippen MR) is 186 cm³/mol. The van der Waals surface area contributed by atoms with E-state index in [2.05, 4.69) is 0 Å². The molecule has 0 saturated carbocycles. The molecule has 4 aliphatic heterocycles. The molecule has 2 atom stereocenters. The van der Waals surface area contributed by atoms with Gasteiger partial charge >= 0.3 is 0 Å². The molecule has 8 rings (SSSR count). The van der Waals surface area contributed by atoms with Crippen LogP contribution in [0.5, 0.6) is 0 Å². The van der Waals surface area contributed by atoms with Crippen LogP contribution in [-0.4, -0.2) is 117 Å². The van der Waals surface area contributed by atoms with Crippen LogP contribution in [0.2, 0.25) is 0 Å². The van der Waals surface area contributed by atoms with Crippen molar-refractivity contribution in [1.82, 2.24) is 24.5 Å². The van der Waals surface area contributed by atoms with E-state index < -0.39 is 59.3 Å². The highest BCUT2D eigenvalue weighted by Gasteiger charge is 2.49. The molecular weight excluding hydrogens is 666 g/mol. The number of likely N-dealkylation sites (N-methyl/N-ethyl adjacent to an activating group) is 1. The third-order valence-electron chi connectivity index (χ3n) is 10.6. The molecule has 0 aromatic heterocycles. The minimum Gasteiger partial charge on any atom is -0.303 e. The Morgan fingerprint density at radius 1 is 0.538 bits per heavy atom. The number of nitrogens with zero attached hydrogens (tertiary/aromatic N) is 5. The Hall–Kier alpha value is -6.08. The van der Waals surface area contributed by atoms with Crippen LogP contribution in [0.15, 0.2) is 72.8 Å². The summed E-state index contributed by atoms with van der Waals surface area (Å²) in [6.07, 6.45) is -0.00569. The quantitative estimate of drug-likeness (QED) is 0.253. The third kappa shape index (κ3) is 5.10. The lowest BCUT2D eigenvalue weighted by molar-refractivity contribution is -0.152. The molecule has 13 heteroatoms. The van der Waals surface area contributed by atoms with Gasteiger partial charge in [0.05, 0.1) is 22.3 Å². The van der Waals surface area contributed by atoms with E-state index in [4.69, 9.17) is 0 Å². The summed E-state index contributed by atoms with van der Waals surface area (Å²) in [7, 11) is 1.71. The predicted octanol–water partition coefficient (Wildman–Crippen LogP) is 2.85. The van der Waals surface area contributed by atoms with Crippen molar-refractivity contribution >= 4 is 68.8 Å². The summed E-state index contributed by atoms with van der Waals surface area (Å²) in [6, 6.07) is 18.8. The van der Waals surface area contributed by atoms with Gasteiger partial charge in [-0.1, -0.05) is 60.7 Å². The van der Waals surface area contributed by atoms with E-state index in [1.807, 2.05) is 24.3 Å². The molecule has 262 valence electrons. The summed E-state index contributed by atoms with van der Waals surface area (Å²) in [6.45, 7) is 0.290. The van der Waals surface area contributed by atoms with Gasteiger partial charge < -0.3 is 4.90 Å². The number of carbonyl (C=O) groups is 8. The lowest BCUT2D eigenvalue weighted by Gasteiger charge is -2.36. The van der Waals surface area contributed by atoms with Gasteiger partial charge in [-0.05, 0) is 53.6 Å². The normalized spacial score (nSPS) is 20.7. The van der Waals surface area contributed by atoms with Crippen molar-refractivity contribution in [2.45, 2.75) is 37.8 Å². The molecule has 2 unspecified atom stereocenters. The van der Waals surface area contributed by atoms with E-state index in [0.717, 1.165) is 30.4 Å². The monoisotopic (exact) mass is 699 g/mol. The van der Waals surface area contributed by atoms with Crippen LogP contribution < -0.4 is 0 Å². The third-order valence-corrected chi connectivity index (χ3v) is 10.6. The first-order valence-corrected chi connectivity index (χ1v) is 17.2. The van der Waals surface area contributed by atoms with Crippen LogP contribution in [0.1, 0.15) is 67.1 Å². The molecule has 2 fully saturated rings. The summed E-state index contributed by atoms with van der Waals surface area (Å²) in [5.74, 6) is -4.39. The maximum atomic E-state index is 13.7. The van der Waals surface area contributed by atoms with E-state index in [9.17, 15) is 38.4 Å². The van der Waals surface area contributed by atoms with Crippen LogP contribution in [-0.2, 0) is 19.2 Å². The molecule has 4 aromatic rings. The first-order chi connectivity index (χ1) is 25.1. The number of carbonyl (C=O) groups excluding carboxylic acids is 8. The molecule has 0 N–H and O–H groups in total. The van der Waals surface area contributed by atoms with E-state index >= 15 is 0 Å². The Morgan fingerprint density at radius 2 is 0.942 bits per heavy atom. The average molecular weight is 700 g/mol. The fourth-order valence-corrected chi connectivity index (χ4v) is 7.86. The number of benzene rings is 4. The number of hydrogen-bond donors (Lipinski definition) is 0. The van der Waals surface area contributed by atoms with Gasteiger partial charge in [-0.25, -0.2) is 0 Å². The molecule has 0 aliphatic carbocycles. The number of imide groups is 4. The highest BCUT2D eigenvalue weighted by atomic mass is 16.2. The van der Waals surface area contributed by atoms with Crippen molar-refractivity contribution in [2.24, 2.45) is 0 Å².